The molecule has 3 nitrogen and oxygen atoms in total. The lowest BCUT2D eigenvalue weighted by atomic mass is 9.97. The third kappa shape index (κ3) is 2.97. The molecule has 16 heavy (non-hydrogen) atoms. The maximum atomic E-state index is 10.8. The van der Waals surface area contributed by atoms with Crippen LogP contribution < -0.4 is 5.32 Å². The minimum absolute atomic E-state index is 0. The third-order valence-corrected chi connectivity index (χ3v) is 2.63. The van der Waals surface area contributed by atoms with Crippen molar-refractivity contribution in [3.8, 4) is 0 Å². The Kier molecular flexibility index (Phi) is 4.77. The Morgan fingerprint density at radius 1 is 1.50 bits per heavy atom. The summed E-state index contributed by atoms with van der Waals surface area (Å²) in [5.41, 5.74) is 2.54. The molecule has 0 aliphatic carbocycles. The molecule has 1 aliphatic heterocycles. The minimum Gasteiger partial charge on any atom is -0.371 e. The van der Waals surface area contributed by atoms with E-state index in [1.807, 2.05) is 12.1 Å². The molecule has 0 spiro atoms. The lowest BCUT2D eigenvalue weighted by molar-refractivity contribution is -0.119. The number of nitrogens with one attached hydrogen (secondary N) is 1. The fraction of sp³-hybridized carbons (Fsp3) is 0.417. The van der Waals surface area contributed by atoms with Crippen molar-refractivity contribution in [1.29, 1.82) is 0 Å². The summed E-state index contributed by atoms with van der Waals surface area (Å²) >= 11 is 0. The topological polar surface area (TPSA) is 38.3 Å². The Bertz CT molecular complexity index is 368. The number of ether oxygens (including phenoxy) is 1. The number of benzene rings is 1. The lowest BCUT2D eigenvalue weighted by Crippen LogP contribution is -2.30. The molecule has 1 aromatic rings. The average molecular weight is 242 g/mol. The molecular weight excluding hydrogens is 226 g/mol. The first-order valence-corrected chi connectivity index (χ1v) is 5.21. The van der Waals surface area contributed by atoms with E-state index in [1.165, 1.54) is 18.1 Å². The van der Waals surface area contributed by atoms with Gasteiger partial charge in [-0.15, -0.1) is 12.4 Å². The first-order valence-electron chi connectivity index (χ1n) is 5.21. The second-order valence-electron chi connectivity index (χ2n) is 3.75. The largest absolute Gasteiger partial charge is 0.371 e. The van der Waals surface area contributed by atoms with Crippen LogP contribution in [-0.2, 0) is 16.0 Å². The zero-order chi connectivity index (χ0) is 10.7. The monoisotopic (exact) mass is 241 g/mol. The van der Waals surface area contributed by atoms with Crippen LogP contribution in [0.4, 0.5) is 0 Å². The summed E-state index contributed by atoms with van der Waals surface area (Å²) in [5.74, 6) is -0.0124. The maximum Gasteiger partial charge on any atom is 0.216 e. The number of carbonyl (C=O) groups is 1. The predicted molar refractivity (Wildman–Crippen MR) is 64.8 cm³/mol. The number of carbonyl (C=O) groups excluding carboxylic acids is 1. The molecule has 1 aromatic carbocycles. The predicted octanol–water partition coefficient (Wildman–Crippen LogP) is 1.86. The second kappa shape index (κ2) is 5.87. The van der Waals surface area contributed by atoms with Gasteiger partial charge in [-0.2, -0.15) is 0 Å². The quantitative estimate of drug-likeness (QED) is 0.858. The number of hydrogen-bond acceptors (Lipinski definition) is 2. The van der Waals surface area contributed by atoms with Crippen LogP contribution >= 0.6 is 12.4 Å². The van der Waals surface area contributed by atoms with Crippen LogP contribution in [0.1, 0.15) is 24.2 Å². The highest BCUT2D eigenvalue weighted by molar-refractivity contribution is 5.85. The number of rotatable bonds is 2. The van der Waals surface area contributed by atoms with Gasteiger partial charge in [0.1, 0.15) is 6.10 Å². The Morgan fingerprint density at radius 3 is 3.00 bits per heavy atom. The van der Waals surface area contributed by atoms with Crippen molar-refractivity contribution in [2.75, 3.05) is 13.2 Å². The summed E-state index contributed by atoms with van der Waals surface area (Å²) in [7, 11) is 0. The van der Waals surface area contributed by atoms with Gasteiger partial charge in [-0.25, -0.2) is 0 Å². The number of halogens is 1. The zero-order valence-electron chi connectivity index (χ0n) is 9.23. The molecule has 1 heterocycles. The summed E-state index contributed by atoms with van der Waals surface area (Å²) in [5, 5.41) is 2.79. The number of hydrogen-bond donors (Lipinski definition) is 1. The fourth-order valence-corrected chi connectivity index (χ4v) is 1.88. The van der Waals surface area contributed by atoms with E-state index in [4.69, 9.17) is 4.74 Å². The van der Waals surface area contributed by atoms with Crippen LogP contribution in [0.15, 0.2) is 24.3 Å². The van der Waals surface area contributed by atoms with Gasteiger partial charge < -0.3 is 10.1 Å². The smallest absolute Gasteiger partial charge is 0.216 e. The maximum absolute atomic E-state index is 10.8. The molecule has 0 aromatic heterocycles. The molecule has 1 aliphatic rings. The molecule has 1 N–H and O–H groups in total. The molecule has 1 unspecified atom stereocenters. The summed E-state index contributed by atoms with van der Waals surface area (Å²) in [6.45, 7) is 2.82. The van der Waals surface area contributed by atoms with E-state index in [0.29, 0.717) is 6.54 Å². The normalized spacial score (nSPS) is 18.2. The molecule has 2 rings (SSSR count). The highest BCUT2D eigenvalue weighted by Crippen LogP contribution is 2.25. The van der Waals surface area contributed by atoms with Gasteiger partial charge in [-0.1, -0.05) is 24.3 Å². The van der Waals surface area contributed by atoms with Gasteiger partial charge in [0.25, 0.3) is 0 Å². The van der Waals surface area contributed by atoms with Gasteiger partial charge in [-0.05, 0) is 17.5 Å². The van der Waals surface area contributed by atoms with Crippen LogP contribution in [0.5, 0.6) is 0 Å². The van der Waals surface area contributed by atoms with E-state index < -0.39 is 0 Å². The van der Waals surface area contributed by atoms with Crippen molar-refractivity contribution in [1.82, 2.24) is 5.32 Å². The average Bonchev–Trinajstić information content (AvgIpc) is 2.26. The van der Waals surface area contributed by atoms with E-state index in [0.717, 1.165) is 13.0 Å². The van der Waals surface area contributed by atoms with E-state index in [-0.39, 0.29) is 24.4 Å². The standard InChI is InChI=1S/C12H15NO2.ClH/c1-9(14)13-8-12-11-5-3-2-4-10(11)6-7-15-12;/h2-5,12H,6-8H2,1H3,(H,13,14);1H. The molecule has 0 bridgehead atoms. The molecule has 0 saturated carbocycles. The first kappa shape index (κ1) is 13.0. The molecule has 88 valence electrons. The van der Waals surface area contributed by atoms with Crippen LogP contribution in [0.3, 0.4) is 0 Å². The van der Waals surface area contributed by atoms with Crippen molar-refractivity contribution in [3.05, 3.63) is 35.4 Å². The van der Waals surface area contributed by atoms with Gasteiger partial charge in [0.15, 0.2) is 0 Å². The van der Waals surface area contributed by atoms with Gasteiger partial charge in [0, 0.05) is 13.5 Å². The summed E-state index contributed by atoms with van der Waals surface area (Å²) in [6.07, 6.45) is 0.978. The Morgan fingerprint density at radius 2 is 2.25 bits per heavy atom. The molecule has 1 amide bonds. The second-order valence-corrected chi connectivity index (χ2v) is 3.75. The van der Waals surface area contributed by atoms with Gasteiger partial charge >= 0.3 is 0 Å². The lowest BCUT2D eigenvalue weighted by Gasteiger charge is -2.26. The van der Waals surface area contributed by atoms with Crippen molar-refractivity contribution in [2.24, 2.45) is 0 Å². The summed E-state index contributed by atoms with van der Waals surface area (Å²) < 4.78 is 5.64. The molecule has 0 fully saturated rings. The number of amides is 1. The van der Waals surface area contributed by atoms with E-state index >= 15 is 0 Å². The van der Waals surface area contributed by atoms with Crippen LogP contribution in [-0.4, -0.2) is 19.1 Å². The Labute approximate surface area is 102 Å². The first-order chi connectivity index (χ1) is 7.27. The Balaban J connectivity index is 0.00000128. The molecule has 1 atom stereocenters. The molecule has 4 heteroatoms. The van der Waals surface area contributed by atoms with Crippen molar-refractivity contribution >= 4 is 18.3 Å². The van der Waals surface area contributed by atoms with Crippen molar-refractivity contribution < 1.29 is 9.53 Å². The van der Waals surface area contributed by atoms with Gasteiger partial charge in [0.2, 0.25) is 5.91 Å². The van der Waals surface area contributed by atoms with Crippen LogP contribution in [0, 0.1) is 0 Å². The van der Waals surface area contributed by atoms with E-state index in [9.17, 15) is 4.79 Å². The molecule has 0 saturated heterocycles. The van der Waals surface area contributed by atoms with Crippen molar-refractivity contribution in [3.63, 3.8) is 0 Å². The summed E-state index contributed by atoms with van der Waals surface area (Å²) in [4.78, 5) is 10.8. The molecular formula is C12H16ClNO2. The van der Waals surface area contributed by atoms with Crippen LogP contribution in [0.2, 0.25) is 0 Å². The highest BCUT2D eigenvalue weighted by Gasteiger charge is 2.19. The fourth-order valence-electron chi connectivity index (χ4n) is 1.88. The van der Waals surface area contributed by atoms with Gasteiger partial charge in [0.05, 0.1) is 6.61 Å². The SMILES string of the molecule is CC(=O)NCC1OCCc2ccccc21.Cl. The Hall–Kier alpha value is -1.06. The highest BCUT2D eigenvalue weighted by atomic mass is 35.5. The van der Waals surface area contributed by atoms with E-state index in [2.05, 4.69) is 17.4 Å². The molecule has 0 radical (unpaired) electrons. The van der Waals surface area contributed by atoms with Crippen molar-refractivity contribution in [2.45, 2.75) is 19.4 Å². The van der Waals surface area contributed by atoms with Gasteiger partial charge in [-0.3, -0.25) is 4.79 Å². The van der Waals surface area contributed by atoms with Crippen LogP contribution in [0.25, 0.3) is 0 Å². The number of fused-ring (bicyclic) bond motifs is 1. The third-order valence-electron chi connectivity index (χ3n) is 2.63. The minimum atomic E-state index is -0.0124. The van der Waals surface area contributed by atoms with E-state index in [1.54, 1.807) is 0 Å². The zero-order valence-corrected chi connectivity index (χ0v) is 10.0. The summed E-state index contributed by atoms with van der Waals surface area (Å²) in [6, 6.07) is 8.24.